The number of anilines is 2. The van der Waals surface area contributed by atoms with Crippen molar-refractivity contribution in [1.82, 2.24) is 4.31 Å². The first-order valence-electron chi connectivity index (χ1n) is 10.6. The number of ether oxygens (including phenoxy) is 2. The van der Waals surface area contributed by atoms with E-state index in [-0.39, 0.29) is 18.0 Å². The maximum absolute atomic E-state index is 12.9. The topological polar surface area (TPSA) is 114 Å². The minimum absolute atomic E-state index is 0.119. The Balaban J connectivity index is 1.40. The highest BCUT2D eigenvalue weighted by Gasteiger charge is 2.20. The second-order valence-electron chi connectivity index (χ2n) is 7.63. The molecule has 1 aliphatic heterocycles. The van der Waals surface area contributed by atoms with Gasteiger partial charge in [-0.05, 0) is 35.9 Å². The zero-order valence-electron chi connectivity index (χ0n) is 18.8. The van der Waals surface area contributed by atoms with E-state index in [4.69, 9.17) is 9.47 Å². The van der Waals surface area contributed by atoms with Crippen LogP contribution in [0.15, 0.2) is 78.2 Å². The molecule has 4 rings (SSSR count). The monoisotopic (exact) mass is 493 g/mol. The Bertz CT molecular complexity index is 1370. The van der Waals surface area contributed by atoms with Crippen LogP contribution in [0.25, 0.3) is 6.08 Å². The molecular formula is C25H23N3O6S. The predicted octanol–water partition coefficient (Wildman–Crippen LogP) is 3.54. The van der Waals surface area contributed by atoms with Gasteiger partial charge < -0.3 is 20.1 Å². The van der Waals surface area contributed by atoms with Crippen LogP contribution in [0.5, 0.6) is 11.5 Å². The van der Waals surface area contributed by atoms with Crippen molar-refractivity contribution < 1.29 is 27.5 Å². The Kier molecular flexibility index (Phi) is 7.14. The van der Waals surface area contributed by atoms with Gasteiger partial charge in [0.05, 0.1) is 17.8 Å². The Labute approximate surface area is 203 Å². The summed E-state index contributed by atoms with van der Waals surface area (Å²) in [4.78, 5) is 25.5. The highest BCUT2D eigenvalue weighted by molar-refractivity contribution is 7.92. The molecule has 0 saturated heterocycles. The summed E-state index contributed by atoms with van der Waals surface area (Å²) >= 11 is 0. The highest BCUT2D eigenvalue weighted by Crippen LogP contribution is 2.34. The van der Waals surface area contributed by atoms with E-state index in [1.807, 2.05) is 6.07 Å². The third-order valence-electron chi connectivity index (χ3n) is 5.11. The van der Waals surface area contributed by atoms with Gasteiger partial charge in [0, 0.05) is 24.2 Å². The van der Waals surface area contributed by atoms with E-state index in [9.17, 15) is 18.0 Å². The fourth-order valence-electron chi connectivity index (χ4n) is 3.28. The predicted molar refractivity (Wildman–Crippen MR) is 133 cm³/mol. The lowest BCUT2D eigenvalue weighted by Gasteiger charge is -2.16. The number of nitrogens with one attached hydrogen (secondary N) is 2. The molecule has 0 spiro atoms. The van der Waals surface area contributed by atoms with Gasteiger partial charge in [-0.1, -0.05) is 42.5 Å². The smallest absolute Gasteiger partial charge is 0.257 e. The van der Waals surface area contributed by atoms with Crippen LogP contribution >= 0.6 is 0 Å². The van der Waals surface area contributed by atoms with E-state index in [1.165, 1.54) is 13.1 Å². The first kappa shape index (κ1) is 24.0. The molecule has 180 valence electrons. The van der Waals surface area contributed by atoms with E-state index >= 15 is 0 Å². The number of para-hydroxylation sites is 1. The molecule has 0 fully saturated rings. The number of likely N-dealkylation sites (N-methyl/N-ethyl adjacent to an activating group) is 1. The molecule has 1 aliphatic rings. The average Bonchev–Trinajstić information content (AvgIpc) is 3.31. The molecule has 35 heavy (non-hydrogen) atoms. The third-order valence-corrected chi connectivity index (χ3v) is 6.59. The summed E-state index contributed by atoms with van der Waals surface area (Å²) < 4.78 is 36.6. The van der Waals surface area contributed by atoms with E-state index < -0.39 is 28.4 Å². The molecule has 2 N–H and O–H groups in total. The lowest BCUT2D eigenvalue weighted by atomic mass is 10.1. The van der Waals surface area contributed by atoms with Gasteiger partial charge in [0.1, 0.15) is 0 Å². The molecule has 0 aromatic heterocycles. The van der Waals surface area contributed by atoms with Gasteiger partial charge in [-0.3, -0.25) is 9.59 Å². The molecule has 9 nitrogen and oxygen atoms in total. The van der Waals surface area contributed by atoms with Crippen LogP contribution in [-0.2, 0) is 14.8 Å². The van der Waals surface area contributed by atoms with Crippen LogP contribution in [0, 0.1) is 0 Å². The number of carbonyl (C=O) groups excluding carboxylic acids is 2. The number of benzene rings is 3. The maximum atomic E-state index is 12.9. The van der Waals surface area contributed by atoms with Crippen LogP contribution in [0.2, 0.25) is 0 Å². The van der Waals surface area contributed by atoms with Crippen LogP contribution in [0.1, 0.15) is 15.9 Å². The van der Waals surface area contributed by atoms with Crippen molar-refractivity contribution in [3.05, 3.63) is 89.3 Å². The molecule has 0 aliphatic carbocycles. The van der Waals surface area contributed by atoms with Crippen molar-refractivity contribution in [3.63, 3.8) is 0 Å². The number of hydrogen-bond acceptors (Lipinski definition) is 6. The first-order valence-corrected chi connectivity index (χ1v) is 12.1. The zero-order valence-corrected chi connectivity index (χ0v) is 19.6. The molecule has 0 bridgehead atoms. The molecule has 3 aromatic rings. The normalized spacial score (nSPS) is 12.6. The maximum Gasteiger partial charge on any atom is 0.257 e. The SMILES string of the molecule is CN(CC(=O)Nc1ccccc1C(=O)Nc1ccc2c(c1)OCO2)S(=O)(=O)/C=C/c1ccccc1. The van der Waals surface area contributed by atoms with Crippen LogP contribution in [-0.4, -0.2) is 44.9 Å². The molecule has 1 heterocycles. The Morgan fingerprint density at radius 2 is 1.66 bits per heavy atom. The molecule has 10 heteroatoms. The van der Waals surface area contributed by atoms with Crippen molar-refractivity contribution in [3.8, 4) is 11.5 Å². The molecule has 0 unspecified atom stereocenters. The summed E-state index contributed by atoms with van der Waals surface area (Å²) in [7, 11) is -2.52. The Hall–Kier alpha value is -4.15. The van der Waals surface area contributed by atoms with Crippen molar-refractivity contribution >= 4 is 39.3 Å². The van der Waals surface area contributed by atoms with Crippen LogP contribution < -0.4 is 20.1 Å². The summed E-state index contributed by atoms with van der Waals surface area (Å²) in [5.41, 5.74) is 1.68. The molecule has 0 atom stereocenters. The lowest BCUT2D eigenvalue weighted by Crippen LogP contribution is -2.34. The third kappa shape index (κ3) is 6.05. The van der Waals surface area contributed by atoms with Gasteiger partial charge in [-0.15, -0.1) is 0 Å². The number of sulfonamides is 1. The summed E-state index contributed by atoms with van der Waals surface area (Å²) in [6, 6.07) is 20.4. The van der Waals surface area contributed by atoms with Gasteiger partial charge in [-0.25, -0.2) is 8.42 Å². The number of rotatable bonds is 8. The van der Waals surface area contributed by atoms with E-state index in [0.717, 1.165) is 15.3 Å². The summed E-state index contributed by atoms with van der Waals surface area (Å²) in [5, 5.41) is 6.42. The van der Waals surface area contributed by atoms with Gasteiger partial charge in [0.25, 0.3) is 5.91 Å². The van der Waals surface area contributed by atoms with Crippen molar-refractivity contribution in [2.75, 3.05) is 31.0 Å². The average molecular weight is 494 g/mol. The van der Waals surface area contributed by atoms with Gasteiger partial charge in [0.15, 0.2) is 11.5 Å². The standard InChI is InChI=1S/C25H23N3O6S/c1-28(35(31,32)14-13-18-7-3-2-4-8-18)16-24(29)27-21-10-6-5-9-20(21)25(30)26-19-11-12-22-23(15-19)34-17-33-22/h2-15H,16-17H2,1H3,(H,26,30)(H,27,29)/b14-13+. The van der Waals surface area contributed by atoms with Gasteiger partial charge in [0.2, 0.25) is 22.7 Å². The second-order valence-corrected chi connectivity index (χ2v) is 9.56. The van der Waals surface area contributed by atoms with Gasteiger partial charge in [-0.2, -0.15) is 4.31 Å². The second kappa shape index (κ2) is 10.4. The molecule has 3 aromatic carbocycles. The molecular weight excluding hydrogens is 470 g/mol. The summed E-state index contributed by atoms with van der Waals surface area (Å²) in [5.74, 6) is 0.0716. The summed E-state index contributed by atoms with van der Waals surface area (Å²) in [6.45, 7) is -0.312. The number of nitrogens with zero attached hydrogens (tertiary/aromatic N) is 1. The summed E-state index contributed by atoms with van der Waals surface area (Å²) in [6.07, 6.45) is 1.46. The quantitative estimate of drug-likeness (QED) is 0.496. The van der Waals surface area contributed by atoms with E-state index in [2.05, 4.69) is 10.6 Å². The van der Waals surface area contributed by atoms with Crippen molar-refractivity contribution in [1.29, 1.82) is 0 Å². The van der Waals surface area contributed by atoms with E-state index in [1.54, 1.807) is 66.7 Å². The Morgan fingerprint density at radius 3 is 2.46 bits per heavy atom. The van der Waals surface area contributed by atoms with Crippen molar-refractivity contribution in [2.45, 2.75) is 0 Å². The Morgan fingerprint density at radius 1 is 0.943 bits per heavy atom. The van der Waals surface area contributed by atoms with E-state index in [0.29, 0.717) is 17.2 Å². The first-order chi connectivity index (χ1) is 16.8. The fourth-order valence-corrected chi connectivity index (χ4v) is 4.11. The molecule has 2 amide bonds. The van der Waals surface area contributed by atoms with Crippen LogP contribution in [0.4, 0.5) is 11.4 Å². The molecule has 0 radical (unpaired) electrons. The zero-order chi connectivity index (χ0) is 24.8. The number of carbonyl (C=O) groups is 2. The fraction of sp³-hybridized carbons (Fsp3) is 0.120. The number of fused-ring (bicyclic) bond motifs is 1. The lowest BCUT2D eigenvalue weighted by molar-refractivity contribution is -0.116. The van der Waals surface area contributed by atoms with Gasteiger partial charge >= 0.3 is 0 Å². The minimum atomic E-state index is -3.83. The van der Waals surface area contributed by atoms with Crippen molar-refractivity contribution in [2.24, 2.45) is 0 Å². The van der Waals surface area contributed by atoms with Crippen LogP contribution in [0.3, 0.4) is 0 Å². The largest absolute Gasteiger partial charge is 0.454 e. The number of hydrogen-bond donors (Lipinski definition) is 2. The number of amides is 2. The highest BCUT2D eigenvalue weighted by atomic mass is 32.2. The molecule has 0 saturated carbocycles. The minimum Gasteiger partial charge on any atom is -0.454 e.